The average molecular weight is 389 g/mol. The Bertz CT molecular complexity index is 755. The van der Waals surface area contributed by atoms with E-state index in [2.05, 4.69) is 21.2 Å². The van der Waals surface area contributed by atoms with Gasteiger partial charge in [-0.2, -0.15) is 0 Å². The number of hydrogen-bond donors (Lipinski definition) is 1. The topological polar surface area (TPSA) is 49.4 Å². The number of carbonyl (C=O) groups excluding carboxylic acids is 2. The van der Waals surface area contributed by atoms with Crippen LogP contribution < -0.4 is 5.32 Å². The molecule has 0 aliphatic heterocycles. The van der Waals surface area contributed by atoms with Crippen LogP contribution in [0.2, 0.25) is 0 Å². The first-order valence-electron chi connectivity index (χ1n) is 7.93. The predicted octanol–water partition coefficient (Wildman–Crippen LogP) is 4.49. The summed E-state index contributed by atoms with van der Waals surface area (Å²) in [6, 6.07) is 12.5. The van der Waals surface area contributed by atoms with Gasteiger partial charge in [-0.1, -0.05) is 12.1 Å². The van der Waals surface area contributed by atoms with Crippen LogP contribution in [0.1, 0.15) is 40.1 Å². The number of benzene rings is 2. The molecule has 126 valence electrons. The van der Waals surface area contributed by atoms with Crippen molar-refractivity contribution >= 4 is 33.4 Å². The van der Waals surface area contributed by atoms with Crippen LogP contribution in [0.15, 0.2) is 46.9 Å². The van der Waals surface area contributed by atoms with E-state index < -0.39 is 0 Å². The molecule has 0 saturated carbocycles. The molecule has 0 saturated heterocycles. The Balaban J connectivity index is 2.21. The minimum Gasteiger partial charge on any atom is -0.339 e. The quantitative estimate of drug-likeness (QED) is 0.819. The maximum atomic E-state index is 12.5. The molecule has 0 unspecified atom stereocenters. The van der Waals surface area contributed by atoms with E-state index in [1.165, 1.54) is 0 Å². The summed E-state index contributed by atoms with van der Waals surface area (Å²) in [7, 11) is 0. The van der Waals surface area contributed by atoms with Gasteiger partial charge in [0, 0.05) is 28.7 Å². The number of nitrogens with zero attached hydrogens (tertiary/aromatic N) is 1. The van der Waals surface area contributed by atoms with Crippen molar-refractivity contribution < 1.29 is 9.59 Å². The molecule has 0 aromatic heterocycles. The molecule has 0 aliphatic carbocycles. The fourth-order valence-electron chi connectivity index (χ4n) is 2.40. The molecule has 0 radical (unpaired) electrons. The molecule has 2 rings (SSSR count). The number of carbonyl (C=O) groups is 2. The normalized spacial score (nSPS) is 10.3. The van der Waals surface area contributed by atoms with Crippen LogP contribution >= 0.6 is 15.9 Å². The third-order valence-corrected chi connectivity index (χ3v) is 4.45. The number of nitrogens with one attached hydrogen (secondary N) is 1. The summed E-state index contributed by atoms with van der Waals surface area (Å²) in [4.78, 5) is 26.6. The minimum atomic E-state index is -0.242. The highest BCUT2D eigenvalue weighted by Gasteiger charge is 2.15. The van der Waals surface area contributed by atoms with Crippen LogP contribution in [0.5, 0.6) is 0 Å². The lowest BCUT2D eigenvalue weighted by Gasteiger charge is -2.18. The summed E-state index contributed by atoms with van der Waals surface area (Å²) in [5, 5.41) is 2.87. The van der Waals surface area contributed by atoms with E-state index in [4.69, 9.17) is 0 Å². The number of anilines is 1. The van der Waals surface area contributed by atoms with Gasteiger partial charge in [-0.05, 0) is 72.6 Å². The van der Waals surface area contributed by atoms with Gasteiger partial charge in [-0.3, -0.25) is 9.59 Å². The van der Waals surface area contributed by atoms with Crippen LogP contribution in [-0.2, 0) is 0 Å². The van der Waals surface area contributed by atoms with Crippen LogP contribution in [0.25, 0.3) is 0 Å². The lowest BCUT2D eigenvalue weighted by Crippen LogP contribution is -2.30. The Kier molecular flexibility index (Phi) is 6.15. The van der Waals surface area contributed by atoms with Crippen LogP contribution in [0.3, 0.4) is 0 Å². The number of rotatable bonds is 5. The Morgan fingerprint density at radius 1 is 1.04 bits per heavy atom. The van der Waals surface area contributed by atoms with Gasteiger partial charge in [0.1, 0.15) is 0 Å². The molecule has 0 fully saturated rings. The highest BCUT2D eigenvalue weighted by molar-refractivity contribution is 9.10. The van der Waals surface area contributed by atoms with Gasteiger partial charge < -0.3 is 10.2 Å². The molecule has 2 aromatic carbocycles. The molecular weight excluding hydrogens is 368 g/mol. The smallest absolute Gasteiger partial charge is 0.255 e. The molecular formula is C19H21BrN2O2. The molecule has 2 aromatic rings. The minimum absolute atomic E-state index is 0.0637. The van der Waals surface area contributed by atoms with Gasteiger partial charge in [-0.15, -0.1) is 0 Å². The van der Waals surface area contributed by atoms with E-state index in [1.54, 1.807) is 29.2 Å². The van der Waals surface area contributed by atoms with Gasteiger partial charge in [0.25, 0.3) is 11.8 Å². The second-order valence-electron chi connectivity index (χ2n) is 5.50. The molecule has 0 atom stereocenters. The van der Waals surface area contributed by atoms with Gasteiger partial charge in [0.05, 0.1) is 5.69 Å². The lowest BCUT2D eigenvalue weighted by atomic mass is 10.1. The molecule has 2 amide bonds. The Morgan fingerprint density at radius 3 is 2.33 bits per heavy atom. The second kappa shape index (κ2) is 8.11. The average Bonchev–Trinajstić information content (AvgIpc) is 2.58. The molecule has 5 heteroatoms. The third kappa shape index (κ3) is 4.23. The number of amides is 2. The summed E-state index contributed by atoms with van der Waals surface area (Å²) in [5.74, 6) is -0.306. The largest absolute Gasteiger partial charge is 0.339 e. The van der Waals surface area contributed by atoms with Gasteiger partial charge in [0.2, 0.25) is 0 Å². The Labute approximate surface area is 151 Å². The number of aryl methyl sites for hydroxylation is 1. The van der Waals surface area contributed by atoms with Crippen molar-refractivity contribution in [2.75, 3.05) is 18.4 Å². The maximum absolute atomic E-state index is 12.5. The number of hydrogen-bond acceptors (Lipinski definition) is 2. The molecule has 24 heavy (non-hydrogen) atoms. The first kappa shape index (κ1) is 18.2. The second-order valence-corrected chi connectivity index (χ2v) is 6.35. The molecule has 0 aliphatic rings. The summed E-state index contributed by atoms with van der Waals surface area (Å²) in [6.45, 7) is 7.14. The highest BCUT2D eigenvalue weighted by Crippen LogP contribution is 2.24. The van der Waals surface area contributed by atoms with Crippen LogP contribution in [-0.4, -0.2) is 29.8 Å². The van der Waals surface area contributed by atoms with E-state index in [1.807, 2.05) is 39.0 Å². The summed E-state index contributed by atoms with van der Waals surface area (Å²) in [6.07, 6.45) is 0. The first-order chi connectivity index (χ1) is 11.5. The maximum Gasteiger partial charge on any atom is 0.255 e. The molecule has 4 nitrogen and oxygen atoms in total. The molecule has 0 spiro atoms. The Morgan fingerprint density at radius 2 is 1.71 bits per heavy atom. The van der Waals surface area contributed by atoms with Crippen molar-refractivity contribution in [3.63, 3.8) is 0 Å². The van der Waals surface area contributed by atoms with Gasteiger partial charge in [0.15, 0.2) is 0 Å². The molecule has 1 N–H and O–H groups in total. The zero-order chi connectivity index (χ0) is 17.7. The highest BCUT2D eigenvalue weighted by atomic mass is 79.9. The standard InChI is InChI=1S/C19H21BrN2O2/c1-4-22(5-2)19(24)15-8-6-7-14(12-15)18(23)21-17-10-9-13(3)11-16(17)20/h6-12H,4-5H2,1-3H3,(H,21,23). The SMILES string of the molecule is CCN(CC)C(=O)c1cccc(C(=O)Nc2ccc(C)cc2Br)c1. The van der Waals surface area contributed by atoms with E-state index in [-0.39, 0.29) is 11.8 Å². The van der Waals surface area contributed by atoms with Crippen molar-refractivity contribution in [1.82, 2.24) is 4.90 Å². The van der Waals surface area contributed by atoms with Crippen molar-refractivity contribution in [2.24, 2.45) is 0 Å². The van der Waals surface area contributed by atoms with Gasteiger partial charge >= 0.3 is 0 Å². The van der Waals surface area contributed by atoms with E-state index in [9.17, 15) is 9.59 Å². The monoisotopic (exact) mass is 388 g/mol. The van der Waals surface area contributed by atoms with E-state index in [0.29, 0.717) is 29.9 Å². The van der Waals surface area contributed by atoms with Crippen molar-refractivity contribution in [1.29, 1.82) is 0 Å². The van der Waals surface area contributed by atoms with E-state index >= 15 is 0 Å². The zero-order valence-corrected chi connectivity index (χ0v) is 15.7. The van der Waals surface area contributed by atoms with Crippen LogP contribution in [0.4, 0.5) is 5.69 Å². The van der Waals surface area contributed by atoms with Crippen molar-refractivity contribution in [2.45, 2.75) is 20.8 Å². The first-order valence-corrected chi connectivity index (χ1v) is 8.72. The van der Waals surface area contributed by atoms with E-state index in [0.717, 1.165) is 10.0 Å². The lowest BCUT2D eigenvalue weighted by molar-refractivity contribution is 0.0773. The number of halogens is 1. The van der Waals surface area contributed by atoms with Crippen molar-refractivity contribution in [3.8, 4) is 0 Å². The Hall–Kier alpha value is -2.14. The van der Waals surface area contributed by atoms with Gasteiger partial charge in [-0.25, -0.2) is 0 Å². The van der Waals surface area contributed by atoms with Crippen molar-refractivity contribution in [3.05, 3.63) is 63.6 Å². The molecule has 0 bridgehead atoms. The van der Waals surface area contributed by atoms with Crippen LogP contribution in [0, 0.1) is 6.92 Å². The summed E-state index contributed by atoms with van der Waals surface area (Å²) in [5.41, 5.74) is 2.78. The predicted molar refractivity (Wildman–Crippen MR) is 101 cm³/mol. The summed E-state index contributed by atoms with van der Waals surface area (Å²) >= 11 is 3.45. The fourth-order valence-corrected chi connectivity index (χ4v) is 3.00. The zero-order valence-electron chi connectivity index (χ0n) is 14.1. The summed E-state index contributed by atoms with van der Waals surface area (Å²) < 4.78 is 0.825. The molecule has 0 heterocycles. The third-order valence-electron chi connectivity index (χ3n) is 3.80. The fraction of sp³-hybridized carbons (Fsp3) is 0.263.